The van der Waals surface area contributed by atoms with Gasteiger partial charge in [0.05, 0.1) is 26.2 Å². The topological polar surface area (TPSA) is 181 Å². The van der Waals surface area contributed by atoms with E-state index in [2.05, 4.69) is 4.90 Å². The van der Waals surface area contributed by atoms with Crippen LogP contribution in [0.1, 0.15) is 113 Å². The van der Waals surface area contributed by atoms with Gasteiger partial charge < -0.3 is 37.7 Å². The highest BCUT2D eigenvalue weighted by atomic mass is 16.6. The van der Waals surface area contributed by atoms with Crippen molar-refractivity contribution in [3.8, 4) is 11.5 Å². The summed E-state index contributed by atoms with van der Waals surface area (Å²) in [5.74, 6) is -2.56. The van der Waals surface area contributed by atoms with Crippen LogP contribution in [-0.2, 0) is 38.1 Å². The van der Waals surface area contributed by atoms with Gasteiger partial charge in [-0.3, -0.25) is 33.8 Å². The summed E-state index contributed by atoms with van der Waals surface area (Å²) in [6, 6.07) is 11.4. The summed E-state index contributed by atoms with van der Waals surface area (Å²) >= 11 is 0. The Labute approximate surface area is 377 Å². The van der Waals surface area contributed by atoms with E-state index in [-0.39, 0.29) is 75.1 Å². The summed E-state index contributed by atoms with van der Waals surface area (Å²) in [6.45, 7) is 25.5. The van der Waals surface area contributed by atoms with Gasteiger partial charge in [-0.15, -0.1) is 0 Å². The van der Waals surface area contributed by atoms with Crippen LogP contribution in [-0.4, -0.2) is 127 Å². The summed E-state index contributed by atoms with van der Waals surface area (Å²) in [6.07, 6.45) is 0. The maximum absolute atomic E-state index is 14.0. The molecule has 0 atom stereocenters. The van der Waals surface area contributed by atoms with Crippen LogP contribution in [0.25, 0.3) is 11.0 Å². The van der Waals surface area contributed by atoms with Gasteiger partial charge in [0.1, 0.15) is 46.8 Å². The number of hydrogen-bond donors (Lipinski definition) is 0. The van der Waals surface area contributed by atoms with Crippen molar-refractivity contribution in [2.45, 2.75) is 119 Å². The lowest BCUT2D eigenvalue weighted by atomic mass is 10.0. The molecule has 0 amide bonds. The third-order valence-corrected chi connectivity index (χ3v) is 8.72. The molecule has 0 radical (unpaired) electrons. The predicted octanol–water partition coefficient (Wildman–Crippen LogP) is 6.60. The van der Waals surface area contributed by atoms with E-state index in [1.54, 1.807) is 95.2 Å². The number of rotatable bonds is 21. The fourth-order valence-corrected chi connectivity index (χ4v) is 6.30. The first kappa shape index (κ1) is 52.9. The first-order chi connectivity index (χ1) is 29.5. The Kier molecular flexibility index (Phi) is 18.5. The van der Waals surface area contributed by atoms with Crippen LogP contribution in [0.15, 0.2) is 51.7 Å². The minimum Gasteiger partial charge on any atom is -0.488 e. The molecule has 0 unspecified atom stereocenters. The smallest absolute Gasteiger partial charge is 0.347 e. The summed E-state index contributed by atoms with van der Waals surface area (Å²) < 4.78 is 40.1. The van der Waals surface area contributed by atoms with E-state index in [4.69, 9.17) is 32.8 Å². The molecule has 354 valence electrons. The molecule has 3 aromatic rings. The molecular weight excluding hydrogens is 827 g/mol. The number of ketones is 1. The van der Waals surface area contributed by atoms with Crippen molar-refractivity contribution < 1.29 is 56.8 Å². The van der Waals surface area contributed by atoms with Crippen LogP contribution in [0, 0.1) is 0 Å². The molecule has 64 heavy (non-hydrogen) atoms. The molecule has 0 aliphatic rings. The highest BCUT2D eigenvalue weighted by Crippen LogP contribution is 2.30. The Morgan fingerprint density at radius 3 is 1.38 bits per heavy atom. The Hall–Kier alpha value is -5.48. The number of anilines is 1. The van der Waals surface area contributed by atoms with Gasteiger partial charge >= 0.3 is 29.5 Å². The van der Waals surface area contributed by atoms with Gasteiger partial charge in [-0.2, -0.15) is 0 Å². The van der Waals surface area contributed by atoms with Gasteiger partial charge in [0.2, 0.25) is 5.78 Å². The first-order valence-electron chi connectivity index (χ1n) is 21.6. The lowest BCUT2D eigenvalue weighted by Gasteiger charge is -2.27. The van der Waals surface area contributed by atoms with Crippen LogP contribution < -0.4 is 20.0 Å². The predicted molar refractivity (Wildman–Crippen MR) is 243 cm³/mol. The molecule has 0 saturated heterocycles. The second-order valence-corrected chi connectivity index (χ2v) is 19.3. The van der Waals surface area contributed by atoms with Gasteiger partial charge in [0.25, 0.3) is 0 Å². The molecule has 3 rings (SSSR count). The van der Waals surface area contributed by atoms with Crippen molar-refractivity contribution in [1.82, 2.24) is 9.80 Å². The van der Waals surface area contributed by atoms with Crippen LogP contribution in [0.5, 0.6) is 11.5 Å². The molecule has 16 nitrogen and oxygen atoms in total. The summed E-state index contributed by atoms with van der Waals surface area (Å²) in [7, 11) is 0. The molecular formula is C48H69N3O13. The van der Waals surface area contributed by atoms with E-state index < -0.39 is 57.7 Å². The Morgan fingerprint density at radius 1 is 0.547 bits per heavy atom. The van der Waals surface area contributed by atoms with Crippen molar-refractivity contribution >= 4 is 46.3 Å². The average molecular weight is 896 g/mol. The standard InChI is InChI=1S/C48H69N3O13/c1-15-51(16-2)34-19-17-32-25-35(44(57)60-37(32)27-34)43(56)33-18-20-36(58-23-21-49(28-39(52)61-45(3,4)5)29-40(53)62-46(6,7)8)38(26-33)59-24-22-50(30-41(54)63-47(9,10)11)31-42(55)64-48(12,13)14/h17-20,25-27H,15-16,21-24,28-31H2,1-14H3. The molecule has 1 heterocycles. The number of carbonyl (C=O) groups excluding carboxylic acids is 5. The van der Waals surface area contributed by atoms with Gasteiger partial charge in [0, 0.05) is 48.9 Å². The van der Waals surface area contributed by atoms with E-state index in [0.717, 1.165) is 18.8 Å². The maximum Gasteiger partial charge on any atom is 0.347 e. The van der Waals surface area contributed by atoms with E-state index in [1.807, 2.05) is 19.9 Å². The molecule has 16 heteroatoms. The number of esters is 4. The molecule has 0 aliphatic carbocycles. The fraction of sp³-hybridized carbons (Fsp3) is 0.583. The normalized spacial score (nSPS) is 12.2. The third kappa shape index (κ3) is 18.7. The summed E-state index contributed by atoms with van der Waals surface area (Å²) in [5.41, 5.74) is -2.74. The van der Waals surface area contributed by atoms with Gasteiger partial charge in [0.15, 0.2) is 11.5 Å². The zero-order chi connectivity index (χ0) is 48.2. The summed E-state index contributed by atoms with van der Waals surface area (Å²) in [5, 5.41) is 0.563. The quantitative estimate of drug-likeness (QED) is 0.0483. The molecule has 0 N–H and O–H groups in total. The monoisotopic (exact) mass is 895 g/mol. The molecule has 0 saturated carbocycles. The van der Waals surface area contributed by atoms with E-state index in [9.17, 15) is 28.8 Å². The average Bonchev–Trinajstić information content (AvgIpc) is 3.12. The fourth-order valence-electron chi connectivity index (χ4n) is 6.30. The van der Waals surface area contributed by atoms with E-state index in [0.29, 0.717) is 11.0 Å². The lowest BCUT2D eigenvalue weighted by Crippen LogP contribution is -2.41. The van der Waals surface area contributed by atoms with Crippen LogP contribution >= 0.6 is 0 Å². The Balaban J connectivity index is 1.97. The Bertz CT molecular complexity index is 2090. The van der Waals surface area contributed by atoms with Gasteiger partial charge in [-0.05, 0) is 133 Å². The molecule has 1 aromatic heterocycles. The van der Waals surface area contributed by atoms with Crippen LogP contribution in [0.2, 0.25) is 0 Å². The van der Waals surface area contributed by atoms with Crippen molar-refractivity contribution in [2.75, 3.05) is 70.5 Å². The second kappa shape index (κ2) is 22.4. The zero-order valence-corrected chi connectivity index (χ0v) is 40.3. The minimum atomic E-state index is -0.813. The van der Waals surface area contributed by atoms with Crippen LogP contribution in [0.4, 0.5) is 5.69 Å². The molecule has 0 spiro atoms. The molecule has 0 bridgehead atoms. The number of hydrogen-bond acceptors (Lipinski definition) is 16. The van der Waals surface area contributed by atoms with Gasteiger partial charge in [-0.1, -0.05) is 0 Å². The first-order valence-corrected chi connectivity index (χ1v) is 21.6. The molecule has 0 fully saturated rings. The number of ether oxygens (including phenoxy) is 6. The number of fused-ring (bicyclic) bond motifs is 1. The number of benzene rings is 2. The van der Waals surface area contributed by atoms with E-state index >= 15 is 0 Å². The highest BCUT2D eigenvalue weighted by molar-refractivity contribution is 6.10. The van der Waals surface area contributed by atoms with Crippen molar-refractivity contribution in [1.29, 1.82) is 0 Å². The SMILES string of the molecule is CCN(CC)c1ccc2cc(C(=O)c3ccc(OCCN(CC(=O)OC(C)(C)C)CC(=O)OC(C)(C)C)c(OCCN(CC(=O)OC(C)(C)C)CC(=O)OC(C)(C)C)c3)c(=O)oc2c1. The van der Waals surface area contributed by atoms with Crippen LogP contribution in [0.3, 0.4) is 0 Å². The lowest BCUT2D eigenvalue weighted by molar-refractivity contribution is -0.162. The van der Waals surface area contributed by atoms with Crippen molar-refractivity contribution in [2.24, 2.45) is 0 Å². The largest absolute Gasteiger partial charge is 0.488 e. The summed E-state index contributed by atoms with van der Waals surface area (Å²) in [4.78, 5) is 84.0. The third-order valence-electron chi connectivity index (χ3n) is 8.72. The zero-order valence-electron chi connectivity index (χ0n) is 40.3. The van der Waals surface area contributed by atoms with E-state index in [1.165, 1.54) is 34.1 Å². The number of nitrogens with zero attached hydrogens (tertiary/aromatic N) is 3. The van der Waals surface area contributed by atoms with Crippen molar-refractivity contribution in [3.63, 3.8) is 0 Å². The molecule has 2 aromatic carbocycles. The number of carbonyl (C=O) groups is 5. The van der Waals surface area contributed by atoms with Gasteiger partial charge in [-0.25, -0.2) is 4.79 Å². The minimum absolute atomic E-state index is 0.0411. The second-order valence-electron chi connectivity index (χ2n) is 19.3. The maximum atomic E-state index is 14.0. The Morgan fingerprint density at radius 2 is 0.969 bits per heavy atom. The highest BCUT2D eigenvalue weighted by Gasteiger charge is 2.26. The van der Waals surface area contributed by atoms with Crippen molar-refractivity contribution in [3.05, 3.63) is 64.0 Å². The molecule has 0 aliphatic heterocycles.